The highest BCUT2D eigenvalue weighted by Gasteiger charge is 2.76. The number of hydrogen-bond donors (Lipinski definition) is 2. The summed E-state index contributed by atoms with van der Waals surface area (Å²) in [5.74, 6) is -5.74. The van der Waals surface area contributed by atoms with Crippen LogP contribution in [0.3, 0.4) is 0 Å². The third-order valence-corrected chi connectivity index (χ3v) is 10.00. The Labute approximate surface area is 227 Å². The van der Waals surface area contributed by atoms with Crippen LogP contribution in [-0.2, 0) is 19.2 Å². The molecular weight excluding hydrogens is 534 g/mol. The van der Waals surface area contributed by atoms with E-state index < -0.39 is 57.0 Å². The standard InChI is InChI=1S/C28H23Cl2FN2O5/c1-12-9-14(10-13(2)22(12)34)21-17-7-8-18-20(24(36)32-23(18)35)19(17)11-27(29)25(37)33(26(38)28(21,27)30)16-5-3-15(31)4-6-16/h3-7,9-10,18-21,34H,8,11H2,1-2H3,(H,32,35,36). The SMILES string of the molecule is Cc1cc(C2C3=CCC4C(=O)NC(=O)C4C3CC3(Cl)C(=O)N(c4ccc(F)cc4)C(=O)C23Cl)cc(C)c1O. The van der Waals surface area contributed by atoms with Gasteiger partial charge in [0.15, 0.2) is 9.75 Å². The predicted octanol–water partition coefficient (Wildman–Crippen LogP) is 4.00. The fraction of sp³-hybridized carbons (Fsp3) is 0.357. The first kappa shape index (κ1) is 25.1. The quantitative estimate of drug-likeness (QED) is 0.330. The predicted molar refractivity (Wildman–Crippen MR) is 137 cm³/mol. The summed E-state index contributed by atoms with van der Waals surface area (Å²) in [6.07, 6.45) is 1.97. The van der Waals surface area contributed by atoms with E-state index in [2.05, 4.69) is 5.32 Å². The highest BCUT2D eigenvalue weighted by atomic mass is 35.5. The summed E-state index contributed by atoms with van der Waals surface area (Å²) in [7, 11) is 0. The maximum Gasteiger partial charge on any atom is 0.258 e. The number of anilines is 1. The van der Waals surface area contributed by atoms with E-state index in [1.54, 1.807) is 26.0 Å². The lowest BCUT2D eigenvalue weighted by molar-refractivity contribution is -0.127. The van der Waals surface area contributed by atoms with Crippen LogP contribution in [0, 0.1) is 37.4 Å². The summed E-state index contributed by atoms with van der Waals surface area (Å²) >= 11 is 14.5. The summed E-state index contributed by atoms with van der Waals surface area (Å²) < 4.78 is 13.7. The number of rotatable bonds is 2. The molecule has 6 rings (SSSR count). The molecule has 2 aliphatic heterocycles. The average molecular weight is 557 g/mol. The number of carbonyl (C=O) groups is 4. The topological polar surface area (TPSA) is 104 Å². The number of fused-ring (bicyclic) bond motifs is 4. The Bertz CT molecular complexity index is 1470. The van der Waals surface area contributed by atoms with Gasteiger partial charge in [0, 0.05) is 5.92 Å². The first-order valence-corrected chi connectivity index (χ1v) is 13.0. The van der Waals surface area contributed by atoms with Crippen molar-refractivity contribution in [3.8, 4) is 5.75 Å². The molecule has 2 saturated heterocycles. The van der Waals surface area contributed by atoms with Crippen molar-refractivity contribution in [2.45, 2.75) is 42.4 Å². The van der Waals surface area contributed by atoms with E-state index >= 15 is 0 Å². The van der Waals surface area contributed by atoms with Gasteiger partial charge >= 0.3 is 0 Å². The molecule has 3 fully saturated rings. The number of halogens is 3. The van der Waals surface area contributed by atoms with Crippen molar-refractivity contribution in [1.82, 2.24) is 5.32 Å². The summed E-state index contributed by atoms with van der Waals surface area (Å²) in [4.78, 5) is 50.6. The van der Waals surface area contributed by atoms with Gasteiger partial charge in [0.25, 0.3) is 11.8 Å². The monoisotopic (exact) mass is 556 g/mol. The van der Waals surface area contributed by atoms with Gasteiger partial charge in [-0.15, -0.1) is 23.2 Å². The van der Waals surface area contributed by atoms with E-state index in [4.69, 9.17) is 23.2 Å². The van der Waals surface area contributed by atoms with Gasteiger partial charge in [0.2, 0.25) is 11.8 Å². The van der Waals surface area contributed by atoms with Gasteiger partial charge in [-0.2, -0.15) is 0 Å². The number of nitrogens with one attached hydrogen (secondary N) is 1. The number of hydrogen-bond acceptors (Lipinski definition) is 5. The number of allylic oxidation sites excluding steroid dienone is 2. The maximum absolute atomic E-state index is 14.2. The Morgan fingerprint density at radius 3 is 2.24 bits per heavy atom. The van der Waals surface area contributed by atoms with E-state index in [1.165, 1.54) is 12.1 Å². The number of benzene rings is 2. The molecule has 10 heteroatoms. The lowest BCUT2D eigenvalue weighted by Crippen LogP contribution is -2.60. The zero-order valence-electron chi connectivity index (χ0n) is 20.4. The summed E-state index contributed by atoms with van der Waals surface area (Å²) in [6, 6.07) is 8.26. The fourth-order valence-electron chi connectivity index (χ4n) is 6.84. The zero-order chi connectivity index (χ0) is 27.3. The van der Waals surface area contributed by atoms with Gasteiger partial charge < -0.3 is 5.11 Å². The van der Waals surface area contributed by atoms with E-state index in [0.717, 1.165) is 17.0 Å². The molecule has 0 bridgehead atoms. The van der Waals surface area contributed by atoms with E-state index in [1.807, 2.05) is 6.08 Å². The number of alkyl halides is 2. The molecule has 1 saturated carbocycles. The van der Waals surface area contributed by atoms with E-state index in [9.17, 15) is 28.7 Å². The molecule has 2 aliphatic carbocycles. The molecule has 2 aromatic carbocycles. The van der Waals surface area contributed by atoms with Gasteiger partial charge in [-0.05, 0) is 73.6 Å². The molecule has 6 atom stereocenters. The third-order valence-electron chi connectivity index (χ3n) is 8.59. The molecule has 0 aromatic heterocycles. The minimum Gasteiger partial charge on any atom is -0.507 e. The van der Waals surface area contributed by atoms with Crippen molar-refractivity contribution in [2.24, 2.45) is 17.8 Å². The smallest absolute Gasteiger partial charge is 0.258 e. The Morgan fingerprint density at radius 1 is 0.974 bits per heavy atom. The molecule has 38 heavy (non-hydrogen) atoms. The van der Waals surface area contributed by atoms with Crippen LogP contribution in [0.2, 0.25) is 0 Å². The number of aromatic hydroxyl groups is 1. The minimum atomic E-state index is -2.00. The Kier molecular flexibility index (Phi) is 5.37. The third kappa shape index (κ3) is 3.07. The Hall–Kier alpha value is -3.23. The first-order valence-electron chi connectivity index (χ1n) is 12.3. The average Bonchev–Trinajstić information content (AvgIpc) is 3.24. The highest BCUT2D eigenvalue weighted by Crippen LogP contribution is 2.65. The van der Waals surface area contributed by atoms with Crippen molar-refractivity contribution in [2.75, 3.05) is 4.90 Å². The van der Waals surface area contributed by atoms with Crippen LogP contribution in [0.1, 0.15) is 35.4 Å². The Morgan fingerprint density at radius 2 is 1.61 bits per heavy atom. The lowest BCUT2D eigenvalue weighted by Gasteiger charge is -2.50. The molecule has 0 radical (unpaired) electrons. The number of phenols is 1. The number of nitrogens with zero attached hydrogens (tertiary/aromatic N) is 1. The van der Waals surface area contributed by atoms with Crippen molar-refractivity contribution < 1.29 is 28.7 Å². The van der Waals surface area contributed by atoms with Gasteiger partial charge in [0.1, 0.15) is 11.6 Å². The molecule has 4 aliphatic rings. The normalized spacial score (nSPS) is 34.0. The molecule has 4 amide bonds. The van der Waals surface area contributed by atoms with Crippen LogP contribution in [0.5, 0.6) is 5.75 Å². The van der Waals surface area contributed by atoms with Crippen molar-refractivity contribution in [1.29, 1.82) is 0 Å². The van der Waals surface area contributed by atoms with Gasteiger partial charge in [-0.3, -0.25) is 24.5 Å². The number of imide groups is 2. The van der Waals surface area contributed by atoms with Crippen LogP contribution < -0.4 is 10.2 Å². The van der Waals surface area contributed by atoms with E-state index in [-0.39, 0.29) is 30.2 Å². The van der Waals surface area contributed by atoms with Crippen LogP contribution in [0.4, 0.5) is 10.1 Å². The summed E-state index contributed by atoms with van der Waals surface area (Å²) in [5.41, 5.74) is 2.42. The lowest BCUT2D eigenvalue weighted by atomic mass is 9.56. The number of amides is 4. The second-order valence-corrected chi connectivity index (χ2v) is 11.8. The van der Waals surface area contributed by atoms with Gasteiger partial charge in [-0.25, -0.2) is 9.29 Å². The number of aryl methyl sites for hydroxylation is 2. The van der Waals surface area contributed by atoms with E-state index in [0.29, 0.717) is 22.3 Å². The van der Waals surface area contributed by atoms with Crippen molar-refractivity contribution in [3.05, 3.63) is 70.6 Å². The molecule has 6 unspecified atom stereocenters. The number of carbonyl (C=O) groups excluding carboxylic acids is 4. The summed E-state index contributed by atoms with van der Waals surface area (Å²) in [6.45, 7) is 3.42. The molecule has 2 aromatic rings. The largest absolute Gasteiger partial charge is 0.507 e. The highest BCUT2D eigenvalue weighted by molar-refractivity contribution is 6.58. The minimum absolute atomic E-state index is 0.0853. The Balaban J connectivity index is 1.60. The molecule has 2 N–H and O–H groups in total. The second-order valence-electron chi connectivity index (χ2n) is 10.6. The van der Waals surface area contributed by atoms with Crippen molar-refractivity contribution >= 4 is 52.5 Å². The molecule has 196 valence electrons. The second kappa shape index (κ2) is 8.13. The first-order chi connectivity index (χ1) is 17.9. The van der Waals surface area contributed by atoms with Gasteiger partial charge in [-0.1, -0.05) is 23.8 Å². The molecule has 2 heterocycles. The van der Waals surface area contributed by atoms with Crippen LogP contribution >= 0.6 is 23.2 Å². The molecular formula is C28H23Cl2FN2O5. The van der Waals surface area contributed by atoms with Crippen LogP contribution in [-0.4, -0.2) is 38.5 Å². The molecule has 0 spiro atoms. The van der Waals surface area contributed by atoms with Crippen molar-refractivity contribution in [3.63, 3.8) is 0 Å². The zero-order valence-corrected chi connectivity index (χ0v) is 21.9. The fourth-order valence-corrected chi connectivity index (χ4v) is 7.77. The molecule has 7 nitrogen and oxygen atoms in total. The van der Waals surface area contributed by atoms with Crippen LogP contribution in [0.15, 0.2) is 48.0 Å². The van der Waals surface area contributed by atoms with Crippen LogP contribution in [0.25, 0.3) is 0 Å². The maximum atomic E-state index is 14.2. The number of phenolic OH excluding ortho intramolecular Hbond substituents is 1. The summed E-state index contributed by atoms with van der Waals surface area (Å²) in [5, 5.41) is 12.8. The van der Waals surface area contributed by atoms with Gasteiger partial charge in [0.05, 0.1) is 17.5 Å².